The molecule has 182 valence electrons. The van der Waals surface area contributed by atoms with Gasteiger partial charge in [0.05, 0.1) is 11.2 Å². The Labute approximate surface area is 209 Å². The van der Waals surface area contributed by atoms with E-state index in [0.29, 0.717) is 35.2 Å². The van der Waals surface area contributed by atoms with Gasteiger partial charge < -0.3 is 9.09 Å². The van der Waals surface area contributed by atoms with Crippen LogP contribution in [0.2, 0.25) is 0 Å². The van der Waals surface area contributed by atoms with Crippen molar-refractivity contribution >= 4 is 15.7 Å². The van der Waals surface area contributed by atoms with Gasteiger partial charge in [-0.1, -0.05) is 59.3 Å². The Morgan fingerprint density at radius 3 is 2.39 bits per heavy atom. The lowest BCUT2D eigenvalue weighted by Crippen LogP contribution is -2.14. The van der Waals surface area contributed by atoms with Gasteiger partial charge in [-0.3, -0.25) is 4.72 Å². The fourth-order valence-corrected chi connectivity index (χ4v) is 5.19. The van der Waals surface area contributed by atoms with Crippen LogP contribution in [0.1, 0.15) is 22.3 Å². The largest absolute Gasteiger partial charge is 0.332 e. The fourth-order valence-electron chi connectivity index (χ4n) is 3.80. The van der Waals surface area contributed by atoms with E-state index in [4.69, 9.17) is 4.52 Å². The molecule has 0 aliphatic heterocycles. The van der Waals surface area contributed by atoms with Crippen molar-refractivity contribution in [1.82, 2.24) is 19.7 Å². The summed E-state index contributed by atoms with van der Waals surface area (Å²) in [5.74, 6) is 0.860. The van der Waals surface area contributed by atoms with E-state index in [2.05, 4.69) is 19.8 Å². The van der Waals surface area contributed by atoms with Gasteiger partial charge in [-0.2, -0.15) is 4.98 Å². The summed E-state index contributed by atoms with van der Waals surface area (Å²) < 4.78 is 35.7. The Morgan fingerprint density at radius 2 is 1.64 bits per heavy atom. The van der Waals surface area contributed by atoms with Gasteiger partial charge in [0, 0.05) is 24.0 Å². The zero-order chi connectivity index (χ0) is 25.3. The highest BCUT2D eigenvalue weighted by Crippen LogP contribution is 2.23. The normalized spacial score (nSPS) is 11.5. The van der Waals surface area contributed by atoms with Crippen LogP contribution in [0.4, 0.5) is 5.69 Å². The second-order valence-corrected chi connectivity index (χ2v) is 10.4. The summed E-state index contributed by atoms with van der Waals surface area (Å²) in [7, 11) is -3.67. The molecule has 5 aromatic rings. The number of rotatable bonds is 7. The Morgan fingerprint density at radius 1 is 0.917 bits per heavy atom. The predicted molar refractivity (Wildman–Crippen MR) is 138 cm³/mol. The van der Waals surface area contributed by atoms with Crippen molar-refractivity contribution in [1.29, 1.82) is 0 Å². The van der Waals surface area contributed by atoms with E-state index in [1.54, 1.807) is 31.5 Å². The summed E-state index contributed by atoms with van der Waals surface area (Å²) in [5, 5.41) is 4.07. The molecular weight excluding hydrogens is 474 g/mol. The first-order valence-electron chi connectivity index (χ1n) is 11.4. The first-order valence-corrected chi connectivity index (χ1v) is 12.9. The van der Waals surface area contributed by atoms with Crippen LogP contribution in [0.3, 0.4) is 0 Å². The quantitative estimate of drug-likeness (QED) is 0.323. The van der Waals surface area contributed by atoms with Gasteiger partial charge >= 0.3 is 0 Å². The van der Waals surface area contributed by atoms with Crippen LogP contribution in [0.5, 0.6) is 0 Å². The molecule has 0 amide bonds. The lowest BCUT2D eigenvalue weighted by atomic mass is 10.1. The molecule has 0 atom stereocenters. The minimum absolute atomic E-state index is 0.282. The zero-order valence-corrected chi connectivity index (χ0v) is 21.0. The van der Waals surface area contributed by atoms with Crippen molar-refractivity contribution in [3.05, 3.63) is 102 Å². The Bertz CT molecular complexity index is 1620. The summed E-state index contributed by atoms with van der Waals surface area (Å²) >= 11 is 0. The van der Waals surface area contributed by atoms with E-state index in [9.17, 15) is 8.42 Å². The number of aromatic nitrogens is 4. The zero-order valence-electron chi connectivity index (χ0n) is 20.1. The molecule has 0 saturated carbocycles. The molecule has 8 nitrogen and oxygen atoms in total. The molecule has 2 heterocycles. The van der Waals surface area contributed by atoms with Gasteiger partial charge in [0.1, 0.15) is 5.69 Å². The maximum absolute atomic E-state index is 12.9. The minimum atomic E-state index is -3.67. The molecule has 0 saturated heterocycles. The molecule has 0 aliphatic rings. The Hall–Kier alpha value is -4.24. The van der Waals surface area contributed by atoms with Crippen LogP contribution in [0.25, 0.3) is 23.0 Å². The van der Waals surface area contributed by atoms with Crippen LogP contribution in [0, 0.1) is 20.8 Å². The molecular formula is C27H25N5O3S. The van der Waals surface area contributed by atoms with E-state index in [1.165, 1.54) is 0 Å². The van der Waals surface area contributed by atoms with Crippen molar-refractivity contribution in [3.8, 4) is 23.0 Å². The molecule has 0 bridgehead atoms. The molecule has 5 rings (SSSR count). The van der Waals surface area contributed by atoms with Crippen LogP contribution in [-0.2, 0) is 16.6 Å². The number of anilines is 1. The van der Waals surface area contributed by atoms with Crippen LogP contribution in [0.15, 0.2) is 88.7 Å². The number of nitrogens with one attached hydrogen (secondary N) is 1. The Balaban J connectivity index is 1.26. The molecule has 3 aromatic carbocycles. The van der Waals surface area contributed by atoms with Gasteiger partial charge in [0.25, 0.3) is 15.9 Å². The maximum Gasteiger partial charge on any atom is 0.278 e. The number of aryl methyl sites for hydroxylation is 3. The second-order valence-electron chi connectivity index (χ2n) is 8.79. The molecule has 36 heavy (non-hydrogen) atoms. The van der Waals surface area contributed by atoms with E-state index >= 15 is 0 Å². The van der Waals surface area contributed by atoms with Crippen molar-refractivity contribution < 1.29 is 12.9 Å². The van der Waals surface area contributed by atoms with Crippen LogP contribution >= 0.6 is 0 Å². The van der Waals surface area contributed by atoms with Crippen molar-refractivity contribution in [3.63, 3.8) is 0 Å². The summed E-state index contributed by atoms with van der Waals surface area (Å²) in [6.07, 6.45) is 3.53. The Kier molecular flexibility index (Phi) is 6.15. The lowest BCUT2D eigenvalue weighted by molar-refractivity contribution is 0.431. The summed E-state index contributed by atoms with van der Waals surface area (Å²) in [5.41, 5.74) is 5.70. The summed E-state index contributed by atoms with van der Waals surface area (Å²) in [4.78, 5) is 9.14. The number of hydrogen-bond donors (Lipinski definition) is 1. The third-order valence-corrected chi connectivity index (χ3v) is 7.32. The standard InChI is InChI=1S/C27H25N5O3S/c1-18-5-10-22(11-6-18)26-29-27(35-30-26)24-16-32(17-28-24)15-21-8-12-23(13-9-21)31-36(33,34)25-14-19(2)4-7-20(25)3/h4-14,16-17,31H,15H2,1-3H3. The van der Waals surface area contributed by atoms with Gasteiger partial charge in [0.15, 0.2) is 0 Å². The second kappa shape index (κ2) is 9.43. The monoisotopic (exact) mass is 499 g/mol. The number of benzene rings is 3. The average molecular weight is 500 g/mol. The third-order valence-electron chi connectivity index (χ3n) is 5.79. The van der Waals surface area contributed by atoms with Gasteiger partial charge in [-0.15, -0.1) is 0 Å². The summed E-state index contributed by atoms with van der Waals surface area (Å²) in [6.45, 7) is 6.23. The van der Waals surface area contributed by atoms with E-state index < -0.39 is 10.0 Å². The van der Waals surface area contributed by atoms with Crippen LogP contribution in [-0.4, -0.2) is 28.1 Å². The van der Waals surface area contributed by atoms with E-state index in [0.717, 1.165) is 22.3 Å². The third kappa shape index (κ3) is 5.06. The van der Waals surface area contributed by atoms with Crippen molar-refractivity contribution in [2.75, 3.05) is 4.72 Å². The number of nitrogens with zero attached hydrogens (tertiary/aromatic N) is 4. The highest BCUT2D eigenvalue weighted by Gasteiger charge is 2.17. The SMILES string of the molecule is Cc1ccc(-c2noc(-c3cn(Cc4ccc(NS(=O)(=O)c5cc(C)ccc5C)cc4)cn3)n2)cc1. The predicted octanol–water partition coefficient (Wildman–Crippen LogP) is 5.37. The molecule has 0 spiro atoms. The molecule has 9 heteroatoms. The number of sulfonamides is 1. The maximum atomic E-state index is 12.9. The lowest BCUT2D eigenvalue weighted by Gasteiger charge is -2.12. The first-order chi connectivity index (χ1) is 17.3. The summed E-state index contributed by atoms with van der Waals surface area (Å²) in [6, 6.07) is 20.5. The smallest absolute Gasteiger partial charge is 0.278 e. The minimum Gasteiger partial charge on any atom is -0.332 e. The van der Waals surface area contributed by atoms with Crippen LogP contribution < -0.4 is 4.72 Å². The van der Waals surface area contributed by atoms with Gasteiger partial charge in [-0.05, 0) is 55.7 Å². The van der Waals surface area contributed by atoms with Crippen molar-refractivity contribution in [2.24, 2.45) is 0 Å². The highest BCUT2D eigenvalue weighted by atomic mass is 32.2. The van der Waals surface area contributed by atoms with Gasteiger partial charge in [-0.25, -0.2) is 13.4 Å². The van der Waals surface area contributed by atoms with Crippen molar-refractivity contribution in [2.45, 2.75) is 32.2 Å². The van der Waals surface area contributed by atoms with E-state index in [1.807, 2.05) is 73.1 Å². The molecule has 1 N–H and O–H groups in total. The molecule has 0 unspecified atom stereocenters. The van der Waals surface area contributed by atoms with Gasteiger partial charge in [0.2, 0.25) is 5.82 Å². The first kappa shape index (κ1) is 23.5. The number of hydrogen-bond acceptors (Lipinski definition) is 6. The fraction of sp³-hybridized carbons (Fsp3) is 0.148. The number of imidazole rings is 1. The molecule has 0 radical (unpaired) electrons. The highest BCUT2D eigenvalue weighted by molar-refractivity contribution is 7.92. The molecule has 2 aromatic heterocycles. The topological polar surface area (TPSA) is 103 Å². The molecule has 0 aliphatic carbocycles. The average Bonchev–Trinajstić information content (AvgIpc) is 3.52. The van der Waals surface area contributed by atoms with E-state index in [-0.39, 0.29) is 4.90 Å². The molecule has 0 fully saturated rings.